The number of nitrogens with one attached hydrogen (secondary N) is 2. The van der Waals surface area contributed by atoms with Gasteiger partial charge < -0.3 is 10.1 Å². The van der Waals surface area contributed by atoms with Crippen LogP contribution in [0.2, 0.25) is 0 Å². The van der Waals surface area contributed by atoms with E-state index in [0.29, 0.717) is 23.0 Å². The molecule has 0 aromatic heterocycles. The molecule has 0 unspecified atom stereocenters. The van der Waals surface area contributed by atoms with Crippen molar-refractivity contribution in [2.75, 3.05) is 10.0 Å². The van der Waals surface area contributed by atoms with Crippen LogP contribution < -0.4 is 14.8 Å². The number of anilines is 2. The van der Waals surface area contributed by atoms with Crippen LogP contribution in [0.4, 0.5) is 11.4 Å². The van der Waals surface area contributed by atoms with Crippen molar-refractivity contribution in [2.45, 2.75) is 44.1 Å². The van der Waals surface area contributed by atoms with Crippen LogP contribution in [0, 0.1) is 0 Å². The van der Waals surface area contributed by atoms with Crippen LogP contribution in [0.15, 0.2) is 47.4 Å². The van der Waals surface area contributed by atoms with E-state index in [-0.39, 0.29) is 10.8 Å². The first-order valence-corrected chi connectivity index (χ1v) is 10.0. The molecule has 1 aliphatic rings. The van der Waals surface area contributed by atoms with E-state index in [1.165, 1.54) is 0 Å². The molecule has 2 N–H and O–H groups in total. The first-order valence-electron chi connectivity index (χ1n) is 8.54. The maximum absolute atomic E-state index is 12.6. The van der Waals surface area contributed by atoms with Crippen LogP contribution in [0.25, 0.3) is 0 Å². The van der Waals surface area contributed by atoms with Gasteiger partial charge in [0.15, 0.2) is 6.10 Å². The SMILES string of the molecule is CC[C@@H](C)c1ccc(S(=O)(=O)Nc2ccc3c(c2)NC(=O)[C@H](C)O3)cc1. The van der Waals surface area contributed by atoms with Gasteiger partial charge >= 0.3 is 0 Å². The van der Waals surface area contributed by atoms with E-state index in [2.05, 4.69) is 23.9 Å². The van der Waals surface area contributed by atoms with Crippen molar-refractivity contribution in [1.29, 1.82) is 0 Å². The van der Waals surface area contributed by atoms with Gasteiger partial charge in [-0.1, -0.05) is 26.0 Å². The Bertz CT molecular complexity index is 923. The molecule has 0 saturated carbocycles. The first-order chi connectivity index (χ1) is 12.3. The van der Waals surface area contributed by atoms with Gasteiger partial charge in [0.25, 0.3) is 15.9 Å². The molecule has 1 amide bonds. The molecule has 1 aliphatic heterocycles. The predicted molar refractivity (Wildman–Crippen MR) is 101 cm³/mol. The lowest BCUT2D eigenvalue weighted by atomic mass is 9.99. The fourth-order valence-corrected chi connectivity index (χ4v) is 3.75. The highest BCUT2D eigenvalue weighted by atomic mass is 32.2. The van der Waals surface area contributed by atoms with E-state index >= 15 is 0 Å². The van der Waals surface area contributed by atoms with E-state index in [1.807, 2.05) is 12.1 Å². The Hall–Kier alpha value is -2.54. The normalized spacial score (nSPS) is 17.7. The largest absolute Gasteiger partial charge is 0.479 e. The van der Waals surface area contributed by atoms with E-state index in [0.717, 1.165) is 12.0 Å². The lowest BCUT2D eigenvalue weighted by Crippen LogP contribution is -2.34. The minimum absolute atomic E-state index is 0.191. The van der Waals surface area contributed by atoms with Gasteiger partial charge in [0.2, 0.25) is 0 Å². The Morgan fingerprint density at radius 3 is 2.54 bits per heavy atom. The number of benzene rings is 2. The van der Waals surface area contributed by atoms with Crippen LogP contribution >= 0.6 is 0 Å². The minimum Gasteiger partial charge on any atom is -0.479 e. The van der Waals surface area contributed by atoms with Gasteiger partial charge in [-0.25, -0.2) is 8.42 Å². The summed E-state index contributed by atoms with van der Waals surface area (Å²) < 4.78 is 33.2. The maximum atomic E-state index is 12.6. The number of hydrogen-bond acceptors (Lipinski definition) is 4. The zero-order valence-corrected chi connectivity index (χ0v) is 15.8. The molecule has 3 rings (SSSR count). The molecule has 0 aliphatic carbocycles. The Balaban J connectivity index is 1.82. The summed E-state index contributed by atoms with van der Waals surface area (Å²) in [7, 11) is -3.72. The summed E-state index contributed by atoms with van der Waals surface area (Å²) in [6.07, 6.45) is 0.417. The molecule has 0 radical (unpaired) electrons. The standard InChI is InChI=1S/C19H22N2O4S/c1-4-12(2)14-5-8-16(9-6-14)26(23,24)21-15-7-10-18-17(11-15)20-19(22)13(3)25-18/h5-13,21H,4H2,1-3H3,(H,20,22)/t12-,13+/m1/s1. The van der Waals surface area contributed by atoms with Crippen molar-refractivity contribution in [3.05, 3.63) is 48.0 Å². The molecule has 1 heterocycles. The number of fused-ring (bicyclic) bond motifs is 1. The molecule has 26 heavy (non-hydrogen) atoms. The Kier molecular flexibility index (Phi) is 4.91. The third-order valence-electron chi connectivity index (χ3n) is 4.53. The number of hydrogen-bond donors (Lipinski definition) is 2. The van der Waals surface area contributed by atoms with Gasteiger partial charge in [0, 0.05) is 0 Å². The summed E-state index contributed by atoms with van der Waals surface area (Å²) in [5.74, 6) is 0.627. The average Bonchev–Trinajstić information content (AvgIpc) is 2.62. The fraction of sp³-hybridized carbons (Fsp3) is 0.316. The van der Waals surface area contributed by atoms with E-state index in [1.54, 1.807) is 37.3 Å². The van der Waals surface area contributed by atoms with Crippen LogP contribution in [0.3, 0.4) is 0 Å². The molecule has 7 heteroatoms. The number of carbonyl (C=O) groups excluding carboxylic acids is 1. The van der Waals surface area contributed by atoms with Crippen LogP contribution in [-0.2, 0) is 14.8 Å². The monoisotopic (exact) mass is 374 g/mol. The lowest BCUT2D eigenvalue weighted by molar-refractivity contribution is -0.122. The molecular formula is C19H22N2O4S. The molecule has 2 atom stereocenters. The van der Waals surface area contributed by atoms with Crippen molar-refractivity contribution >= 4 is 27.3 Å². The summed E-state index contributed by atoms with van der Waals surface area (Å²) >= 11 is 0. The van der Waals surface area contributed by atoms with Crippen molar-refractivity contribution in [1.82, 2.24) is 0 Å². The highest BCUT2D eigenvalue weighted by molar-refractivity contribution is 7.92. The third-order valence-corrected chi connectivity index (χ3v) is 5.93. The number of carbonyl (C=O) groups is 1. The van der Waals surface area contributed by atoms with Gasteiger partial charge in [-0.15, -0.1) is 0 Å². The highest BCUT2D eigenvalue weighted by Gasteiger charge is 2.24. The van der Waals surface area contributed by atoms with Crippen LogP contribution in [-0.4, -0.2) is 20.4 Å². The van der Waals surface area contributed by atoms with Crippen molar-refractivity contribution in [3.8, 4) is 5.75 Å². The van der Waals surface area contributed by atoms with Gasteiger partial charge in [-0.2, -0.15) is 0 Å². The number of ether oxygens (including phenoxy) is 1. The number of sulfonamides is 1. The molecule has 2 aromatic carbocycles. The summed E-state index contributed by atoms with van der Waals surface area (Å²) in [4.78, 5) is 11.9. The second-order valence-corrected chi connectivity index (χ2v) is 8.13. The smallest absolute Gasteiger partial charge is 0.265 e. The summed E-state index contributed by atoms with van der Waals surface area (Å²) in [6, 6.07) is 11.7. The van der Waals surface area contributed by atoms with Crippen molar-refractivity contribution in [3.63, 3.8) is 0 Å². The Morgan fingerprint density at radius 2 is 1.88 bits per heavy atom. The zero-order chi connectivity index (χ0) is 18.9. The predicted octanol–water partition coefficient (Wildman–Crippen LogP) is 3.72. The maximum Gasteiger partial charge on any atom is 0.265 e. The number of rotatable bonds is 5. The molecule has 0 fully saturated rings. The average molecular weight is 374 g/mol. The number of amides is 1. The molecule has 6 nitrogen and oxygen atoms in total. The van der Waals surface area contributed by atoms with Crippen molar-refractivity contribution < 1.29 is 17.9 Å². The second kappa shape index (κ2) is 6.99. The van der Waals surface area contributed by atoms with Gasteiger partial charge in [0.1, 0.15) is 5.75 Å². The van der Waals surface area contributed by atoms with Gasteiger partial charge in [-0.05, 0) is 55.2 Å². The van der Waals surface area contributed by atoms with Gasteiger partial charge in [0.05, 0.1) is 16.3 Å². The minimum atomic E-state index is -3.72. The first kappa shape index (κ1) is 18.3. The summed E-state index contributed by atoms with van der Waals surface area (Å²) in [5.41, 5.74) is 1.91. The highest BCUT2D eigenvalue weighted by Crippen LogP contribution is 2.33. The van der Waals surface area contributed by atoms with E-state index in [4.69, 9.17) is 4.74 Å². The van der Waals surface area contributed by atoms with Crippen LogP contribution in [0.5, 0.6) is 5.75 Å². The lowest BCUT2D eigenvalue weighted by Gasteiger charge is -2.23. The molecular weight excluding hydrogens is 352 g/mol. The third kappa shape index (κ3) is 3.67. The molecule has 138 valence electrons. The summed E-state index contributed by atoms with van der Waals surface area (Å²) in [6.45, 7) is 5.85. The summed E-state index contributed by atoms with van der Waals surface area (Å²) in [5, 5.41) is 2.70. The van der Waals surface area contributed by atoms with Crippen molar-refractivity contribution in [2.24, 2.45) is 0 Å². The van der Waals surface area contributed by atoms with E-state index < -0.39 is 16.1 Å². The Morgan fingerprint density at radius 1 is 1.19 bits per heavy atom. The van der Waals surface area contributed by atoms with E-state index in [9.17, 15) is 13.2 Å². The molecule has 0 saturated heterocycles. The van der Waals surface area contributed by atoms with Gasteiger partial charge in [-0.3, -0.25) is 9.52 Å². The topological polar surface area (TPSA) is 84.5 Å². The zero-order valence-electron chi connectivity index (χ0n) is 14.9. The fourth-order valence-electron chi connectivity index (χ4n) is 2.70. The van der Waals surface area contributed by atoms with Crippen LogP contribution in [0.1, 0.15) is 38.7 Å². The Labute approximate surface area is 153 Å². The second-order valence-electron chi connectivity index (χ2n) is 6.44. The molecule has 0 spiro atoms. The quantitative estimate of drug-likeness (QED) is 0.835. The molecule has 2 aromatic rings. The molecule has 0 bridgehead atoms.